The van der Waals surface area contributed by atoms with Crippen molar-refractivity contribution in [3.05, 3.63) is 82.9 Å². The number of benzene rings is 1. The highest BCUT2D eigenvalue weighted by Gasteiger charge is 2.19. The van der Waals surface area contributed by atoms with Crippen LogP contribution in [0.4, 0.5) is 0 Å². The van der Waals surface area contributed by atoms with Crippen molar-refractivity contribution >= 4 is 0 Å². The quantitative estimate of drug-likeness (QED) is 0.713. The summed E-state index contributed by atoms with van der Waals surface area (Å²) in [6, 6.07) is 14.8. The molecule has 5 nitrogen and oxygen atoms in total. The Balaban J connectivity index is 1.49. The van der Waals surface area contributed by atoms with Crippen molar-refractivity contribution in [1.82, 2.24) is 20.1 Å². The Labute approximate surface area is 154 Å². The van der Waals surface area contributed by atoms with Gasteiger partial charge in [-0.25, -0.2) is 0 Å². The molecule has 0 fully saturated rings. The van der Waals surface area contributed by atoms with Gasteiger partial charge in [0, 0.05) is 49.7 Å². The third-order valence-electron chi connectivity index (χ3n) is 4.84. The van der Waals surface area contributed by atoms with Gasteiger partial charge < -0.3 is 4.74 Å². The van der Waals surface area contributed by atoms with Gasteiger partial charge in [0.2, 0.25) is 0 Å². The fourth-order valence-corrected chi connectivity index (χ4v) is 3.41. The van der Waals surface area contributed by atoms with E-state index in [2.05, 4.69) is 56.5 Å². The van der Waals surface area contributed by atoms with Gasteiger partial charge in [0.25, 0.3) is 0 Å². The smallest absolute Gasteiger partial charge is 0.0820 e. The molecule has 1 aromatic carbocycles. The maximum absolute atomic E-state index is 5.64. The van der Waals surface area contributed by atoms with Gasteiger partial charge in [0.1, 0.15) is 0 Å². The van der Waals surface area contributed by atoms with Crippen LogP contribution in [0.3, 0.4) is 0 Å². The molecule has 4 rings (SSSR count). The van der Waals surface area contributed by atoms with Gasteiger partial charge >= 0.3 is 0 Å². The first kappa shape index (κ1) is 16.9. The number of aromatic nitrogens is 3. The molecule has 0 saturated heterocycles. The van der Waals surface area contributed by atoms with E-state index < -0.39 is 0 Å². The minimum atomic E-state index is 0.667. The number of nitrogens with zero attached hydrogens (tertiary/aromatic N) is 3. The number of hydrogen-bond acceptors (Lipinski definition) is 4. The summed E-state index contributed by atoms with van der Waals surface area (Å²) in [5.41, 5.74) is 6.16. The summed E-state index contributed by atoms with van der Waals surface area (Å²) < 4.78 is 5.64. The molecule has 26 heavy (non-hydrogen) atoms. The summed E-state index contributed by atoms with van der Waals surface area (Å²) in [6.07, 6.45) is 5.71. The minimum Gasteiger partial charge on any atom is -0.376 e. The summed E-state index contributed by atoms with van der Waals surface area (Å²) in [7, 11) is 0. The Kier molecular flexibility index (Phi) is 5.38. The Bertz CT molecular complexity index is 817. The van der Waals surface area contributed by atoms with Gasteiger partial charge in [-0.15, -0.1) is 0 Å². The van der Waals surface area contributed by atoms with E-state index in [-0.39, 0.29) is 0 Å². The summed E-state index contributed by atoms with van der Waals surface area (Å²) in [4.78, 5) is 6.69. The molecular weight excluding hydrogens is 324 g/mol. The number of rotatable bonds is 7. The van der Waals surface area contributed by atoms with Crippen LogP contribution >= 0.6 is 0 Å². The third kappa shape index (κ3) is 4.18. The molecule has 3 aromatic rings. The summed E-state index contributed by atoms with van der Waals surface area (Å²) in [5.74, 6) is 0. The van der Waals surface area contributed by atoms with E-state index in [1.54, 1.807) is 0 Å². The lowest BCUT2D eigenvalue weighted by Crippen LogP contribution is -2.26. The molecule has 0 radical (unpaired) electrons. The minimum absolute atomic E-state index is 0.667. The van der Waals surface area contributed by atoms with Crippen LogP contribution < -0.4 is 0 Å². The van der Waals surface area contributed by atoms with Gasteiger partial charge in [0.05, 0.1) is 18.9 Å². The predicted molar refractivity (Wildman–Crippen MR) is 100 cm³/mol. The largest absolute Gasteiger partial charge is 0.376 e. The fraction of sp³-hybridized carbons (Fsp3) is 0.333. The van der Waals surface area contributed by atoms with Crippen LogP contribution in [-0.4, -0.2) is 33.2 Å². The molecule has 134 valence electrons. The number of pyridine rings is 1. The zero-order valence-electron chi connectivity index (χ0n) is 14.9. The average molecular weight is 348 g/mol. The Hall–Kier alpha value is -2.50. The van der Waals surface area contributed by atoms with Crippen LogP contribution in [0.2, 0.25) is 0 Å². The Morgan fingerprint density at radius 3 is 2.77 bits per heavy atom. The molecule has 0 aliphatic carbocycles. The van der Waals surface area contributed by atoms with Crippen LogP contribution in [-0.2, 0) is 37.3 Å². The molecule has 0 saturated carbocycles. The van der Waals surface area contributed by atoms with Crippen molar-refractivity contribution in [3.8, 4) is 0 Å². The highest BCUT2D eigenvalue weighted by molar-refractivity contribution is 5.26. The molecule has 0 bridgehead atoms. The lowest BCUT2D eigenvalue weighted by atomic mass is 10.1. The summed E-state index contributed by atoms with van der Waals surface area (Å²) >= 11 is 0. The molecule has 0 unspecified atom stereocenters. The van der Waals surface area contributed by atoms with Gasteiger partial charge in [0.15, 0.2) is 0 Å². The molecule has 0 spiro atoms. The molecule has 0 amide bonds. The second-order valence-corrected chi connectivity index (χ2v) is 6.74. The van der Waals surface area contributed by atoms with Gasteiger partial charge in [-0.3, -0.25) is 15.0 Å². The van der Waals surface area contributed by atoms with Crippen LogP contribution in [0, 0.1) is 0 Å². The van der Waals surface area contributed by atoms with Crippen LogP contribution in [0.1, 0.15) is 28.1 Å². The van der Waals surface area contributed by atoms with E-state index in [1.807, 2.05) is 18.5 Å². The monoisotopic (exact) mass is 348 g/mol. The first-order valence-corrected chi connectivity index (χ1v) is 9.16. The summed E-state index contributed by atoms with van der Waals surface area (Å²) in [6.45, 7) is 4.10. The Morgan fingerprint density at radius 2 is 1.92 bits per heavy atom. The van der Waals surface area contributed by atoms with Crippen LogP contribution in [0.25, 0.3) is 0 Å². The van der Waals surface area contributed by atoms with Crippen molar-refractivity contribution < 1.29 is 4.74 Å². The number of hydrogen-bond donors (Lipinski definition) is 1. The highest BCUT2D eigenvalue weighted by Crippen LogP contribution is 2.20. The molecule has 0 atom stereocenters. The maximum atomic E-state index is 5.64. The molecule has 5 heteroatoms. The number of ether oxygens (including phenoxy) is 1. The first-order chi connectivity index (χ1) is 12.9. The van der Waals surface area contributed by atoms with Gasteiger partial charge in [-0.1, -0.05) is 36.4 Å². The van der Waals surface area contributed by atoms with E-state index in [0.717, 1.165) is 44.8 Å². The SMILES string of the molecule is c1ccc(CCN(Cc2cccnc2)Cc2n[nH]c3c2COCC3)cc1. The zero-order chi connectivity index (χ0) is 17.6. The fourth-order valence-electron chi connectivity index (χ4n) is 3.41. The number of H-pyrrole nitrogens is 1. The normalized spacial score (nSPS) is 13.7. The molecule has 3 heterocycles. The lowest BCUT2D eigenvalue weighted by molar-refractivity contribution is 0.108. The average Bonchev–Trinajstić information content (AvgIpc) is 3.11. The Morgan fingerprint density at radius 1 is 1.04 bits per heavy atom. The topological polar surface area (TPSA) is 54.0 Å². The molecule has 1 aliphatic heterocycles. The van der Waals surface area contributed by atoms with Crippen LogP contribution in [0.15, 0.2) is 54.9 Å². The summed E-state index contributed by atoms with van der Waals surface area (Å²) in [5, 5.41) is 7.77. The lowest BCUT2D eigenvalue weighted by Gasteiger charge is -2.22. The van der Waals surface area contributed by atoms with E-state index in [1.165, 1.54) is 22.4 Å². The first-order valence-electron chi connectivity index (χ1n) is 9.16. The van der Waals surface area contributed by atoms with E-state index >= 15 is 0 Å². The van der Waals surface area contributed by atoms with E-state index in [9.17, 15) is 0 Å². The zero-order valence-corrected chi connectivity index (χ0v) is 14.9. The van der Waals surface area contributed by atoms with Gasteiger partial charge in [-0.05, 0) is 23.6 Å². The van der Waals surface area contributed by atoms with Crippen LogP contribution in [0.5, 0.6) is 0 Å². The van der Waals surface area contributed by atoms with Crippen molar-refractivity contribution in [3.63, 3.8) is 0 Å². The molecule has 1 aliphatic rings. The predicted octanol–water partition coefficient (Wildman–Crippen LogP) is 3.12. The number of fused-ring (bicyclic) bond motifs is 1. The molecule has 1 N–H and O–H groups in total. The second-order valence-electron chi connectivity index (χ2n) is 6.74. The molecular formula is C21H24N4O. The number of aromatic amines is 1. The van der Waals surface area contributed by atoms with Crippen molar-refractivity contribution in [2.45, 2.75) is 32.5 Å². The van der Waals surface area contributed by atoms with Crippen molar-refractivity contribution in [2.24, 2.45) is 0 Å². The van der Waals surface area contributed by atoms with Crippen molar-refractivity contribution in [1.29, 1.82) is 0 Å². The number of nitrogens with one attached hydrogen (secondary N) is 1. The van der Waals surface area contributed by atoms with E-state index in [0.29, 0.717) is 6.61 Å². The third-order valence-corrected chi connectivity index (χ3v) is 4.84. The standard InChI is InChI=1S/C21H24N4O/c1-2-5-17(6-3-1)8-11-25(14-18-7-4-10-22-13-18)15-21-19-16-26-12-9-20(19)23-24-21/h1-7,10,13H,8-9,11-12,14-16H2,(H,23,24). The molecule has 2 aromatic heterocycles. The van der Waals surface area contributed by atoms with Gasteiger partial charge in [-0.2, -0.15) is 5.10 Å². The second kappa shape index (κ2) is 8.25. The van der Waals surface area contributed by atoms with E-state index in [4.69, 9.17) is 4.74 Å². The van der Waals surface area contributed by atoms with Crippen molar-refractivity contribution in [2.75, 3.05) is 13.2 Å². The highest BCUT2D eigenvalue weighted by atomic mass is 16.5. The maximum Gasteiger partial charge on any atom is 0.0820 e.